The largest absolute Gasteiger partial charge is 0.179 e. The summed E-state index contributed by atoms with van der Waals surface area (Å²) in [4.78, 5) is 0. The van der Waals surface area contributed by atoms with Gasteiger partial charge in [0.15, 0.2) is 0 Å². The quantitative estimate of drug-likeness (QED) is 0.383. The van der Waals surface area contributed by atoms with Crippen molar-refractivity contribution in [3.05, 3.63) is 0 Å². The van der Waals surface area contributed by atoms with Crippen LogP contribution in [0.25, 0.3) is 0 Å². The maximum absolute atomic E-state index is 4.91. The third kappa shape index (κ3) is 2.86. The first-order valence-corrected chi connectivity index (χ1v) is 14.7. The molecule has 0 saturated heterocycles. The van der Waals surface area contributed by atoms with Crippen LogP contribution in [0, 0.1) is 62.6 Å². The first-order valence-electron chi connectivity index (χ1n) is 14.1. The van der Waals surface area contributed by atoms with Crippen molar-refractivity contribution < 1.29 is 0 Å². The lowest BCUT2D eigenvalue weighted by molar-refractivity contribution is -0.246. The van der Waals surface area contributed by atoms with E-state index in [1.807, 2.05) is 0 Å². The highest BCUT2D eigenvalue weighted by Crippen LogP contribution is 2.77. The molecule has 0 aliphatic heterocycles. The first-order chi connectivity index (χ1) is 14.5. The predicted octanol–water partition coefficient (Wildman–Crippen LogP) is 9.04. The lowest BCUT2D eigenvalue weighted by Crippen LogP contribution is -2.66. The van der Waals surface area contributed by atoms with Gasteiger partial charge >= 0.3 is 0 Å². The number of hydrogen-bond donors (Lipinski definition) is 1. The highest BCUT2D eigenvalue weighted by molar-refractivity contribution is 7.80. The van der Waals surface area contributed by atoms with Crippen molar-refractivity contribution >= 4 is 12.6 Å². The molecule has 5 aliphatic rings. The van der Waals surface area contributed by atoms with Crippen molar-refractivity contribution in [3.63, 3.8) is 0 Å². The Morgan fingerprint density at radius 1 is 0.710 bits per heavy atom. The molecule has 5 aliphatic carbocycles. The molecule has 0 aromatic carbocycles. The van der Waals surface area contributed by atoms with E-state index in [0.717, 1.165) is 41.3 Å². The van der Waals surface area contributed by atoms with Crippen molar-refractivity contribution in [2.75, 3.05) is 5.75 Å². The monoisotopic (exact) mass is 444 g/mol. The van der Waals surface area contributed by atoms with Gasteiger partial charge in [-0.05, 0) is 133 Å². The topological polar surface area (TPSA) is 0 Å². The second-order valence-corrected chi connectivity index (χ2v) is 15.2. The van der Waals surface area contributed by atoms with Crippen LogP contribution < -0.4 is 0 Å². The molecule has 1 unspecified atom stereocenters. The molecule has 5 rings (SSSR count). The van der Waals surface area contributed by atoms with Crippen molar-refractivity contribution in [1.29, 1.82) is 0 Å². The summed E-state index contributed by atoms with van der Waals surface area (Å²) >= 11 is 4.91. The van der Waals surface area contributed by atoms with E-state index < -0.39 is 0 Å². The van der Waals surface area contributed by atoms with E-state index in [9.17, 15) is 0 Å². The Balaban J connectivity index is 1.53. The molecular weight excluding hydrogens is 392 g/mol. The van der Waals surface area contributed by atoms with Crippen molar-refractivity contribution in [2.24, 2.45) is 62.6 Å². The van der Waals surface area contributed by atoms with Gasteiger partial charge in [0, 0.05) is 0 Å². The molecular formula is C30H52S. The van der Waals surface area contributed by atoms with Gasteiger partial charge in [0.1, 0.15) is 0 Å². The van der Waals surface area contributed by atoms with Crippen molar-refractivity contribution in [3.8, 4) is 0 Å². The maximum Gasteiger partial charge on any atom is -0.00409 e. The number of rotatable bonds is 1. The van der Waals surface area contributed by atoms with Crippen LogP contribution in [0.4, 0.5) is 0 Å². The first kappa shape index (κ1) is 23.1. The van der Waals surface area contributed by atoms with Crippen LogP contribution in [0.15, 0.2) is 0 Å². The minimum Gasteiger partial charge on any atom is -0.179 e. The highest BCUT2D eigenvalue weighted by Gasteiger charge is 2.69. The van der Waals surface area contributed by atoms with Crippen LogP contribution in [0.1, 0.15) is 119 Å². The fourth-order valence-electron chi connectivity index (χ4n) is 11.8. The fourth-order valence-corrected chi connectivity index (χ4v) is 12.2. The maximum atomic E-state index is 4.91. The summed E-state index contributed by atoms with van der Waals surface area (Å²) in [7, 11) is 0. The predicted molar refractivity (Wildman–Crippen MR) is 137 cm³/mol. The minimum absolute atomic E-state index is 0.466. The smallest absolute Gasteiger partial charge is 0.00409 e. The van der Waals surface area contributed by atoms with Gasteiger partial charge in [0.25, 0.3) is 0 Å². The Labute approximate surface area is 199 Å². The zero-order valence-corrected chi connectivity index (χ0v) is 22.8. The lowest BCUT2D eigenvalue weighted by Gasteiger charge is -2.73. The van der Waals surface area contributed by atoms with Gasteiger partial charge in [-0.1, -0.05) is 54.9 Å². The molecule has 5 saturated carbocycles. The Hall–Kier alpha value is 0.350. The second-order valence-electron chi connectivity index (χ2n) is 14.9. The summed E-state index contributed by atoms with van der Waals surface area (Å²) in [5.74, 6) is 6.68. The zero-order valence-electron chi connectivity index (χ0n) is 21.9. The summed E-state index contributed by atoms with van der Waals surface area (Å²) in [6.07, 6.45) is 16.3. The second kappa shape index (κ2) is 7.18. The lowest BCUT2D eigenvalue weighted by atomic mass is 9.31. The molecule has 0 bridgehead atoms. The molecule has 0 amide bonds. The molecule has 0 radical (unpaired) electrons. The zero-order chi connectivity index (χ0) is 22.4. The minimum atomic E-state index is 0.466. The van der Waals surface area contributed by atoms with Gasteiger partial charge < -0.3 is 0 Å². The highest BCUT2D eigenvalue weighted by atomic mass is 32.1. The van der Waals surface area contributed by atoms with Crippen LogP contribution in [0.5, 0.6) is 0 Å². The summed E-state index contributed by atoms with van der Waals surface area (Å²) in [6.45, 7) is 18.9. The van der Waals surface area contributed by atoms with Gasteiger partial charge in [0.2, 0.25) is 0 Å². The average Bonchev–Trinajstić information content (AvgIpc) is 2.72. The van der Waals surface area contributed by atoms with Gasteiger partial charge in [0.05, 0.1) is 0 Å². The van der Waals surface area contributed by atoms with Gasteiger partial charge in [-0.15, -0.1) is 0 Å². The van der Waals surface area contributed by atoms with Crippen LogP contribution in [-0.2, 0) is 0 Å². The van der Waals surface area contributed by atoms with Gasteiger partial charge in [-0.25, -0.2) is 0 Å². The van der Waals surface area contributed by atoms with E-state index in [2.05, 4.69) is 48.5 Å². The van der Waals surface area contributed by atoms with Crippen LogP contribution in [0.2, 0.25) is 0 Å². The van der Waals surface area contributed by atoms with Gasteiger partial charge in [-0.2, -0.15) is 12.6 Å². The number of fused-ring (bicyclic) bond motifs is 7. The normalized spacial score (nSPS) is 61.5. The fraction of sp³-hybridized carbons (Fsp3) is 1.00. The van der Waals surface area contributed by atoms with Crippen molar-refractivity contribution in [1.82, 2.24) is 0 Å². The molecule has 178 valence electrons. The van der Waals surface area contributed by atoms with E-state index in [1.165, 1.54) is 70.6 Å². The van der Waals surface area contributed by atoms with E-state index in [0.29, 0.717) is 27.1 Å². The van der Waals surface area contributed by atoms with Gasteiger partial charge in [-0.3, -0.25) is 0 Å². The third-order valence-corrected chi connectivity index (χ3v) is 14.7. The van der Waals surface area contributed by atoms with E-state index in [-0.39, 0.29) is 0 Å². The summed E-state index contributed by atoms with van der Waals surface area (Å²) in [6, 6.07) is 0. The molecule has 0 N–H and O–H groups in total. The van der Waals surface area contributed by atoms with E-state index in [1.54, 1.807) is 0 Å². The third-order valence-electron chi connectivity index (χ3n) is 14.0. The molecule has 0 aromatic heterocycles. The number of thiol groups is 1. The Morgan fingerprint density at radius 3 is 2.16 bits per heavy atom. The van der Waals surface area contributed by atoms with E-state index in [4.69, 9.17) is 12.6 Å². The van der Waals surface area contributed by atoms with Crippen molar-refractivity contribution in [2.45, 2.75) is 119 Å². The SMILES string of the molecule is C[C@@H]1[C@H]2[C@H]3CC[C@@H]4[C@@]5(C)CCCC(C)(CS)[C@@H]5CC[C@@]4(C)[C@]3(C)CC[C@@]2(C)CC[C@H]1C. The molecule has 0 spiro atoms. The molecule has 0 aromatic rings. The van der Waals surface area contributed by atoms with Crippen LogP contribution in [0.3, 0.4) is 0 Å². The summed E-state index contributed by atoms with van der Waals surface area (Å²) in [5, 5.41) is 0. The average molecular weight is 445 g/mol. The summed E-state index contributed by atoms with van der Waals surface area (Å²) in [5.41, 5.74) is 2.72. The molecule has 0 nitrogen and oxygen atoms in total. The molecule has 0 heterocycles. The molecule has 31 heavy (non-hydrogen) atoms. The molecule has 11 atom stereocenters. The molecule has 1 heteroatoms. The Morgan fingerprint density at radius 2 is 1.45 bits per heavy atom. The number of hydrogen-bond acceptors (Lipinski definition) is 1. The molecule has 5 fully saturated rings. The van der Waals surface area contributed by atoms with E-state index >= 15 is 0 Å². The Bertz CT molecular complexity index is 715. The standard InChI is InChI=1S/C30H52S/c1-20-11-15-26(3)17-18-29(6)22(25(26)21(20)2)9-10-24-28(5)14-8-13-27(4,19-31)23(28)12-16-30(24,29)7/h20-25,31H,8-19H2,1-7H3/t20-,21+,22-,23+,24-,25+,26-,27?,28+,29-,30-/m1/s1. The van der Waals surface area contributed by atoms with Crippen LogP contribution in [-0.4, -0.2) is 5.75 Å². The van der Waals surface area contributed by atoms with Crippen LogP contribution >= 0.6 is 12.6 Å². The Kier molecular flexibility index (Phi) is 5.35. The summed E-state index contributed by atoms with van der Waals surface area (Å²) < 4.78 is 0.